The Bertz CT molecular complexity index is 1120. The van der Waals surface area contributed by atoms with Gasteiger partial charge in [-0.15, -0.1) is 0 Å². The molecular formula is C21H22N6O. The molecule has 7 heteroatoms. The molecule has 0 amide bonds. The molecule has 0 bridgehead atoms. The summed E-state index contributed by atoms with van der Waals surface area (Å²) >= 11 is 0. The minimum Gasteiger partial charge on any atom is -0.488 e. The number of hydrogen-bond acceptors (Lipinski definition) is 6. The van der Waals surface area contributed by atoms with Crippen LogP contribution in [0.15, 0.2) is 48.9 Å². The average Bonchev–Trinajstić information content (AvgIpc) is 3.18. The predicted octanol–water partition coefficient (Wildman–Crippen LogP) is 3.90. The molecule has 142 valence electrons. The number of aromatic amines is 1. The Labute approximate surface area is 162 Å². The topological polar surface area (TPSA) is 102 Å². The summed E-state index contributed by atoms with van der Waals surface area (Å²) < 4.78 is 6.28. The van der Waals surface area contributed by atoms with E-state index < -0.39 is 0 Å². The zero-order valence-corrected chi connectivity index (χ0v) is 15.4. The minimum absolute atomic E-state index is 0.194. The summed E-state index contributed by atoms with van der Waals surface area (Å²) in [5, 5.41) is 4.23. The first-order valence-corrected chi connectivity index (χ1v) is 9.63. The lowest BCUT2D eigenvalue weighted by Crippen LogP contribution is -2.31. The van der Waals surface area contributed by atoms with Crippen molar-refractivity contribution in [3.8, 4) is 5.75 Å². The molecule has 2 aromatic carbocycles. The van der Waals surface area contributed by atoms with E-state index in [0.717, 1.165) is 59.1 Å². The van der Waals surface area contributed by atoms with Gasteiger partial charge in [-0.05, 0) is 49.9 Å². The van der Waals surface area contributed by atoms with Gasteiger partial charge in [-0.1, -0.05) is 12.1 Å². The van der Waals surface area contributed by atoms with E-state index in [9.17, 15) is 0 Å². The van der Waals surface area contributed by atoms with Crippen LogP contribution in [-0.2, 0) is 0 Å². The van der Waals surface area contributed by atoms with Gasteiger partial charge in [-0.25, -0.2) is 15.0 Å². The largest absolute Gasteiger partial charge is 0.488 e. The third-order valence-corrected chi connectivity index (χ3v) is 5.26. The summed E-state index contributed by atoms with van der Waals surface area (Å²) in [6.07, 6.45) is 7.68. The van der Waals surface area contributed by atoms with Crippen LogP contribution in [0.4, 0.5) is 11.6 Å². The van der Waals surface area contributed by atoms with Gasteiger partial charge in [0, 0.05) is 23.3 Å². The number of para-hydroxylation sites is 1. The van der Waals surface area contributed by atoms with Crippen LogP contribution < -0.4 is 15.8 Å². The van der Waals surface area contributed by atoms with Crippen molar-refractivity contribution in [1.82, 2.24) is 19.9 Å². The fourth-order valence-corrected chi connectivity index (χ4v) is 3.71. The maximum Gasteiger partial charge on any atom is 0.227 e. The lowest BCUT2D eigenvalue weighted by Gasteiger charge is -2.27. The quantitative estimate of drug-likeness (QED) is 0.501. The molecule has 0 saturated heterocycles. The zero-order valence-electron chi connectivity index (χ0n) is 15.4. The van der Waals surface area contributed by atoms with E-state index in [1.165, 1.54) is 0 Å². The van der Waals surface area contributed by atoms with Crippen LogP contribution in [-0.4, -0.2) is 32.1 Å². The number of nitrogens with zero attached hydrogens (tertiary/aromatic N) is 3. The summed E-state index contributed by atoms with van der Waals surface area (Å²) in [4.78, 5) is 16.5. The number of rotatable bonds is 4. The summed E-state index contributed by atoms with van der Waals surface area (Å²) in [7, 11) is 0. The molecule has 0 aliphatic heterocycles. The highest BCUT2D eigenvalue weighted by Crippen LogP contribution is 2.29. The maximum atomic E-state index is 6.28. The number of nitrogens with two attached hydrogens (primary N) is 1. The molecule has 4 aromatic rings. The molecule has 1 aliphatic carbocycles. The lowest BCUT2D eigenvalue weighted by atomic mass is 9.94. The first-order valence-electron chi connectivity index (χ1n) is 9.63. The summed E-state index contributed by atoms with van der Waals surface area (Å²) in [5.41, 5.74) is 9.61. The number of aromatic nitrogens is 4. The molecule has 7 nitrogen and oxygen atoms in total. The molecule has 2 aromatic heterocycles. The number of imidazole rings is 1. The van der Waals surface area contributed by atoms with Crippen molar-refractivity contribution in [1.29, 1.82) is 0 Å². The van der Waals surface area contributed by atoms with Gasteiger partial charge in [0.25, 0.3) is 0 Å². The number of ether oxygens (including phenoxy) is 1. The van der Waals surface area contributed by atoms with Crippen molar-refractivity contribution in [2.24, 2.45) is 5.73 Å². The monoisotopic (exact) mass is 374 g/mol. The number of nitrogens with one attached hydrogen (secondary N) is 2. The lowest BCUT2D eigenvalue weighted by molar-refractivity contribution is 0.149. The van der Waals surface area contributed by atoms with E-state index in [1.54, 1.807) is 6.33 Å². The number of anilines is 2. The first kappa shape index (κ1) is 16.9. The van der Waals surface area contributed by atoms with E-state index in [0.29, 0.717) is 12.0 Å². The van der Waals surface area contributed by atoms with Gasteiger partial charge in [0.1, 0.15) is 11.3 Å². The molecule has 0 unspecified atom stereocenters. The molecule has 28 heavy (non-hydrogen) atoms. The Morgan fingerprint density at radius 2 is 1.96 bits per heavy atom. The fourth-order valence-electron chi connectivity index (χ4n) is 3.71. The molecule has 4 N–H and O–H groups in total. The molecule has 0 atom stereocenters. The maximum absolute atomic E-state index is 6.28. The van der Waals surface area contributed by atoms with E-state index >= 15 is 0 Å². The molecular weight excluding hydrogens is 352 g/mol. The Morgan fingerprint density at radius 3 is 2.86 bits per heavy atom. The van der Waals surface area contributed by atoms with Crippen LogP contribution in [0.3, 0.4) is 0 Å². The van der Waals surface area contributed by atoms with Crippen molar-refractivity contribution in [2.45, 2.75) is 37.8 Å². The Morgan fingerprint density at radius 1 is 1.07 bits per heavy atom. The van der Waals surface area contributed by atoms with Gasteiger partial charge in [0.2, 0.25) is 5.95 Å². The second kappa shape index (κ2) is 7.09. The third-order valence-electron chi connectivity index (χ3n) is 5.26. The van der Waals surface area contributed by atoms with Crippen LogP contribution in [0, 0.1) is 0 Å². The van der Waals surface area contributed by atoms with Gasteiger partial charge >= 0.3 is 0 Å². The van der Waals surface area contributed by atoms with Crippen molar-refractivity contribution < 1.29 is 4.74 Å². The highest BCUT2D eigenvalue weighted by Gasteiger charge is 2.21. The first-order chi connectivity index (χ1) is 13.7. The van der Waals surface area contributed by atoms with E-state index in [-0.39, 0.29) is 6.10 Å². The second-order valence-corrected chi connectivity index (χ2v) is 7.30. The molecule has 0 spiro atoms. The predicted molar refractivity (Wildman–Crippen MR) is 110 cm³/mol. The number of fused-ring (bicyclic) bond motifs is 2. The van der Waals surface area contributed by atoms with Crippen LogP contribution in [0.5, 0.6) is 5.75 Å². The number of benzene rings is 2. The average molecular weight is 374 g/mol. The summed E-state index contributed by atoms with van der Waals surface area (Å²) in [6, 6.07) is 12.2. The van der Waals surface area contributed by atoms with Gasteiger partial charge in [-0.2, -0.15) is 0 Å². The highest BCUT2D eigenvalue weighted by molar-refractivity contribution is 5.85. The van der Waals surface area contributed by atoms with E-state index in [4.69, 9.17) is 15.5 Å². The highest BCUT2D eigenvalue weighted by atomic mass is 16.5. The van der Waals surface area contributed by atoms with Crippen LogP contribution in [0.25, 0.3) is 21.9 Å². The van der Waals surface area contributed by atoms with Crippen molar-refractivity contribution in [2.75, 3.05) is 5.32 Å². The fraction of sp³-hybridized carbons (Fsp3) is 0.286. The van der Waals surface area contributed by atoms with Gasteiger partial charge in [-0.3, -0.25) is 0 Å². The molecule has 2 heterocycles. The van der Waals surface area contributed by atoms with E-state index in [2.05, 4.69) is 20.3 Å². The van der Waals surface area contributed by atoms with Gasteiger partial charge in [0.15, 0.2) is 0 Å². The van der Waals surface area contributed by atoms with Crippen LogP contribution in [0.1, 0.15) is 25.7 Å². The number of hydrogen-bond donors (Lipinski definition) is 3. The summed E-state index contributed by atoms with van der Waals surface area (Å²) in [5.74, 6) is 1.33. The van der Waals surface area contributed by atoms with E-state index in [1.807, 2.05) is 42.6 Å². The summed E-state index contributed by atoms with van der Waals surface area (Å²) in [6.45, 7) is 0. The van der Waals surface area contributed by atoms with Crippen LogP contribution in [0.2, 0.25) is 0 Å². The second-order valence-electron chi connectivity index (χ2n) is 7.30. The standard InChI is InChI=1S/C21H22N6O/c22-14-4-7-16(8-5-14)28-19-3-1-2-13-11-23-21(27-20(13)19)26-15-6-9-17-18(10-15)25-12-24-17/h1-3,6,9-12,14,16H,4-5,7-8,22H2,(H,24,25)(H,23,26,27)/t14-,16+. The normalized spacial score (nSPS) is 19.8. The van der Waals surface area contributed by atoms with Crippen molar-refractivity contribution in [3.05, 3.63) is 48.9 Å². The SMILES string of the molecule is N[C@H]1CC[C@@H](Oc2cccc3cnc(Nc4ccc5nc[nH]c5c4)nc23)CC1. The molecule has 5 rings (SSSR count). The molecule has 0 radical (unpaired) electrons. The van der Waals surface area contributed by atoms with Crippen molar-refractivity contribution >= 4 is 33.6 Å². The Hall–Kier alpha value is -3.19. The molecule has 1 aliphatic rings. The van der Waals surface area contributed by atoms with Crippen LogP contribution >= 0.6 is 0 Å². The number of H-pyrrole nitrogens is 1. The third kappa shape index (κ3) is 3.36. The van der Waals surface area contributed by atoms with Gasteiger partial charge in [0.05, 0.1) is 23.5 Å². The molecule has 1 fully saturated rings. The minimum atomic E-state index is 0.194. The van der Waals surface area contributed by atoms with Gasteiger partial charge < -0.3 is 20.8 Å². The van der Waals surface area contributed by atoms with Crippen molar-refractivity contribution in [3.63, 3.8) is 0 Å². The Kier molecular flexibility index (Phi) is 4.29. The Balaban J connectivity index is 1.42. The zero-order chi connectivity index (χ0) is 18.9. The molecule has 1 saturated carbocycles. The smallest absolute Gasteiger partial charge is 0.227 e.